The summed E-state index contributed by atoms with van der Waals surface area (Å²) in [7, 11) is 1.62. The molecule has 3 heterocycles. The second-order valence-electron chi connectivity index (χ2n) is 6.83. The number of benzene rings is 1. The van der Waals surface area contributed by atoms with Gasteiger partial charge in [-0.3, -0.25) is 9.69 Å². The number of hydrogen-bond donors (Lipinski definition) is 0. The molecule has 0 bridgehead atoms. The van der Waals surface area contributed by atoms with E-state index in [0.29, 0.717) is 18.8 Å². The summed E-state index contributed by atoms with van der Waals surface area (Å²) in [6.07, 6.45) is 1.96. The summed E-state index contributed by atoms with van der Waals surface area (Å²) in [4.78, 5) is 16.6. The van der Waals surface area contributed by atoms with E-state index in [1.807, 2.05) is 39.9 Å². The molecular weight excluding hydrogens is 356 g/mol. The topological polar surface area (TPSA) is 59.3 Å². The third-order valence-electron chi connectivity index (χ3n) is 4.95. The molecule has 7 nitrogen and oxygen atoms in total. The van der Waals surface area contributed by atoms with E-state index in [1.165, 1.54) is 0 Å². The van der Waals surface area contributed by atoms with Gasteiger partial charge in [0.05, 0.1) is 18.3 Å². The molecule has 0 aliphatic carbocycles. The summed E-state index contributed by atoms with van der Waals surface area (Å²) in [6, 6.07) is 15.4. The first-order valence-corrected chi connectivity index (χ1v) is 9.41. The molecule has 0 unspecified atom stereocenters. The standard InChI is InChI=1S/C21H24N4O3/c1-27-19-5-7-20(8-6-19)28-16-21(26)24-12-10-23(11-13-24)15-17-14-18-4-2-3-9-25(18)22-17/h2-9,14H,10-13,15-16H2,1H3. The summed E-state index contributed by atoms with van der Waals surface area (Å²) in [5.41, 5.74) is 2.15. The van der Waals surface area contributed by atoms with Crippen molar-refractivity contribution in [3.8, 4) is 11.5 Å². The Morgan fingerprint density at radius 3 is 2.50 bits per heavy atom. The predicted octanol–water partition coefficient (Wildman–Crippen LogP) is 2.07. The average Bonchev–Trinajstić information content (AvgIpc) is 3.15. The number of pyridine rings is 1. The van der Waals surface area contributed by atoms with Crippen molar-refractivity contribution in [2.75, 3.05) is 39.9 Å². The molecule has 4 rings (SSSR count). The summed E-state index contributed by atoms with van der Waals surface area (Å²) < 4.78 is 12.6. The Balaban J connectivity index is 1.24. The van der Waals surface area contributed by atoms with E-state index in [1.54, 1.807) is 19.2 Å². The van der Waals surface area contributed by atoms with Crippen LogP contribution in [0, 0.1) is 0 Å². The number of rotatable bonds is 6. The summed E-state index contributed by atoms with van der Waals surface area (Å²) >= 11 is 0. The highest BCUT2D eigenvalue weighted by atomic mass is 16.5. The van der Waals surface area contributed by atoms with Crippen molar-refractivity contribution < 1.29 is 14.3 Å². The van der Waals surface area contributed by atoms with E-state index < -0.39 is 0 Å². The molecule has 1 saturated heterocycles. The lowest BCUT2D eigenvalue weighted by Crippen LogP contribution is -2.49. The van der Waals surface area contributed by atoms with Gasteiger partial charge in [0.25, 0.3) is 5.91 Å². The van der Waals surface area contributed by atoms with E-state index in [9.17, 15) is 4.79 Å². The van der Waals surface area contributed by atoms with Crippen molar-refractivity contribution >= 4 is 11.4 Å². The van der Waals surface area contributed by atoms with Crippen LogP contribution in [0.2, 0.25) is 0 Å². The van der Waals surface area contributed by atoms with Gasteiger partial charge in [0, 0.05) is 38.9 Å². The van der Waals surface area contributed by atoms with Crippen molar-refractivity contribution in [2.24, 2.45) is 0 Å². The van der Waals surface area contributed by atoms with Gasteiger partial charge in [-0.1, -0.05) is 6.07 Å². The minimum Gasteiger partial charge on any atom is -0.497 e. The van der Waals surface area contributed by atoms with Crippen LogP contribution in [0.15, 0.2) is 54.7 Å². The minimum absolute atomic E-state index is 0.0169. The smallest absolute Gasteiger partial charge is 0.260 e. The normalized spacial score (nSPS) is 15.0. The summed E-state index contributed by atoms with van der Waals surface area (Å²) in [5, 5.41) is 4.60. The average molecular weight is 380 g/mol. The van der Waals surface area contributed by atoms with Crippen LogP contribution in [-0.2, 0) is 11.3 Å². The monoisotopic (exact) mass is 380 g/mol. The fourth-order valence-corrected chi connectivity index (χ4v) is 3.36. The van der Waals surface area contributed by atoms with Crippen molar-refractivity contribution in [1.82, 2.24) is 19.4 Å². The van der Waals surface area contributed by atoms with Gasteiger partial charge in [-0.25, -0.2) is 4.52 Å². The Morgan fingerprint density at radius 1 is 1.04 bits per heavy atom. The number of ether oxygens (including phenoxy) is 2. The van der Waals surface area contributed by atoms with Crippen molar-refractivity contribution in [3.05, 3.63) is 60.4 Å². The Hall–Kier alpha value is -3.06. The predicted molar refractivity (Wildman–Crippen MR) is 106 cm³/mol. The van der Waals surface area contributed by atoms with Crippen molar-refractivity contribution in [1.29, 1.82) is 0 Å². The Bertz CT molecular complexity index is 897. The Kier molecular flexibility index (Phi) is 5.43. The van der Waals surface area contributed by atoms with Gasteiger partial charge in [-0.2, -0.15) is 5.10 Å². The first-order chi connectivity index (χ1) is 13.7. The number of carbonyl (C=O) groups excluding carboxylic acids is 1. The molecule has 2 aromatic heterocycles. The van der Waals surface area contributed by atoms with Gasteiger partial charge in [0.15, 0.2) is 6.61 Å². The number of piperazine rings is 1. The second kappa shape index (κ2) is 8.31. The lowest BCUT2D eigenvalue weighted by Gasteiger charge is -2.34. The van der Waals surface area contributed by atoms with Gasteiger partial charge in [-0.15, -0.1) is 0 Å². The van der Waals surface area contributed by atoms with Gasteiger partial charge in [-0.05, 0) is 42.5 Å². The van der Waals surface area contributed by atoms with Gasteiger partial charge >= 0.3 is 0 Å². The quantitative estimate of drug-likeness (QED) is 0.655. The molecule has 1 aliphatic rings. The number of hydrogen-bond acceptors (Lipinski definition) is 5. The molecule has 0 N–H and O–H groups in total. The summed E-state index contributed by atoms with van der Waals surface area (Å²) in [6.45, 7) is 3.94. The Morgan fingerprint density at radius 2 is 1.79 bits per heavy atom. The third-order valence-corrected chi connectivity index (χ3v) is 4.95. The SMILES string of the molecule is COc1ccc(OCC(=O)N2CCN(Cc3cc4ccccn4n3)CC2)cc1. The molecule has 7 heteroatoms. The van der Waals surface area contributed by atoms with Crippen LogP contribution in [0.4, 0.5) is 0 Å². The minimum atomic E-state index is 0.0169. The van der Waals surface area contributed by atoms with Crippen LogP contribution in [0.5, 0.6) is 11.5 Å². The zero-order valence-electron chi connectivity index (χ0n) is 16.0. The highest BCUT2D eigenvalue weighted by Crippen LogP contribution is 2.17. The van der Waals surface area contributed by atoms with Crippen LogP contribution in [0.3, 0.4) is 0 Å². The fourth-order valence-electron chi connectivity index (χ4n) is 3.36. The molecular formula is C21H24N4O3. The maximum absolute atomic E-state index is 12.4. The molecule has 0 spiro atoms. The third kappa shape index (κ3) is 4.26. The maximum Gasteiger partial charge on any atom is 0.260 e. The van der Waals surface area contributed by atoms with E-state index in [2.05, 4.69) is 22.1 Å². The number of nitrogens with zero attached hydrogens (tertiary/aromatic N) is 4. The number of aromatic nitrogens is 2. The number of fused-ring (bicyclic) bond motifs is 1. The van der Waals surface area contributed by atoms with Crippen molar-refractivity contribution in [2.45, 2.75) is 6.54 Å². The molecule has 1 fully saturated rings. The van der Waals surface area contributed by atoms with E-state index in [-0.39, 0.29) is 12.5 Å². The molecule has 0 atom stereocenters. The molecule has 146 valence electrons. The van der Waals surface area contributed by atoms with Crippen LogP contribution in [0.1, 0.15) is 5.69 Å². The van der Waals surface area contributed by atoms with Gasteiger partial charge in [0.1, 0.15) is 11.5 Å². The fraction of sp³-hybridized carbons (Fsp3) is 0.333. The highest BCUT2D eigenvalue weighted by Gasteiger charge is 2.22. The van der Waals surface area contributed by atoms with Gasteiger partial charge in [0.2, 0.25) is 0 Å². The van der Waals surface area contributed by atoms with Crippen LogP contribution in [0.25, 0.3) is 5.52 Å². The van der Waals surface area contributed by atoms with E-state index in [4.69, 9.17) is 9.47 Å². The lowest BCUT2D eigenvalue weighted by atomic mass is 10.2. The molecule has 28 heavy (non-hydrogen) atoms. The van der Waals surface area contributed by atoms with Crippen LogP contribution in [-0.4, -0.2) is 65.2 Å². The second-order valence-corrected chi connectivity index (χ2v) is 6.83. The maximum atomic E-state index is 12.4. The highest BCUT2D eigenvalue weighted by molar-refractivity contribution is 5.77. The Labute approximate surface area is 164 Å². The zero-order valence-corrected chi connectivity index (χ0v) is 16.0. The molecule has 0 radical (unpaired) electrons. The first kappa shape index (κ1) is 18.3. The van der Waals surface area contributed by atoms with E-state index >= 15 is 0 Å². The molecule has 1 aliphatic heterocycles. The number of methoxy groups -OCH3 is 1. The summed E-state index contributed by atoms with van der Waals surface area (Å²) in [5.74, 6) is 1.45. The van der Waals surface area contributed by atoms with Crippen LogP contribution >= 0.6 is 0 Å². The first-order valence-electron chi connectivity index (χ1n) is 9.41. The van der Waals surface area contributed by atoms with E-state index in [0.717, 1.165) is 36.6 Å². The number of carbonyl (C=O) groups is 1. The molecule has 1 aromatic carbocycles. The zero-order chi connectivity index (χ0) is 19.3. The van der Waals surface area contributed by atoms with Crippen LogP contribution < -0.4 is 9.47 Å². The molecule has 3 aromatic rings. The van der Waals surface area contributed by atoms with Crippen molar-refractivity contribution in [3.63, 3.8) is 0 Å². The molecule has 1 amide bonds. The molecule has 0 saturated carbocycles. The lowest BCUT2D eigenvalue weighted by molar-refractivity contribution is -0.135. The largest absolute Gasteiger partial charge is 0.497 e. The number of amides is 1. The van der Waals surface area contributed by atoms with Gasteiger partial charge < -0.3 is 14.4 Å².